The summed E-state index contributed by atoms with van der Waals surface area (Å²) in [5.41, 5.74) is 0. The molecule has 0 aromatic heterocycles. The van der Waals surface area contributed by atoms with Crippen molar-refractivity contribution < 1.29 is 15.3 Å². The van der Waals surface area contributed by atoms with Gasteiger partial charge in [0.05, 0.1) is 18.2 Å². The molecule has 0 unspecified atom stereocenters. The lowest BCUT2D eigenvalue weighted by Crippen LogP contribution is -2.53. The van der Waals surface area contributed by atoms with E-state index in [-0.39, 0.29) is 17.2 Å². The van der Waals surface area contributed by atoms with Gasteiger partial charge in [0.1, 0.15) is 6.10 Å². The molecular weight excluding hydrogens is 240 g/mol. The SMILES string of the molecule is CCNC1=N[C@@H]2[C@@H](O)[C@H](O)[C@@H]([C@H](C)O)C[C@@H]2S1. The molecule has 0 amide bonds. The van der Waals surface area contributed by atoms with Gasteiger partial charge in [-0.2, -0.15) is 0 Å². The Hall–Kier alpha value is -0.300. The maximum Gasteiger partial charge on any atom is 0.157 e. The van der Waals surface area contributed by atoms with Crippen molar-refractivity contribution in [3.63, 3.8) is 0 Å². The van der Waals surface area contributed by atoms with E-state index in [2.05, 4.69) is 10.3 Å². The highest BCUT2D eigenvalue weighted by Gasteiger charge is 2.48. The average molecular weight is 260 g/mol. The van der Waals surface area contributed by atoms with Gasteiger partial charge >= 0.3 is 0 Å². The Morgan fingerprint density at radius 3 is 2.76 bits per heavy atom. The van der Waals surface area contributed by atoms with E-state index in [4.69, 9.17) is 0 Å². The van der Waals surface area contributed by atoms with Crippen molar-refractivity contribution in [2.45, 2.75) is 49.9 Å². The molecule has 0 radical (unpaired) electrons. The maximum absolute atomic E-state index is 10.0. The summed E-state index contributed by atoms with van der Waals surface area (Å²) >= 11 is 1.60. The topological polar surface area (TPSA) is 85.1 Å². The summed E-state index contributed by atoms with van der Waals surface area (Å²) in [7, 11) is 0. The molecule has 1 heterocycles. The zero-order valence-electron chi connectivity index (χ0n) is 10.1. The summed E-state index contributed by atoms with van der Waals surface area (Å²) in [5.74, 6) is -0.269. The minimum Gasteiger partial charge on any atom is -0.393 e. The molecule has 0 aromatic rings. The van der Waals surface area contributed by atoms with Gasteiger partial charge in [-0.1, -0.05) is 11.8 Å². The van der Waals surface area contributed by atoms with Gasteiger partial charge in [0.2, 0.25) is 0 Å². The highest BCUT2D eigenvalue weighted by Crippen LogP contribution is 2.40. The van der Waals surface area contributed by atoms with Crippen LogP contribution in [0.2, 0.25) is 0 Å². The highest BCUT2D eigenvalue weighted by atomic mass is 32.2. The zero-order valence-corrected chi connectivity index (χ0v) is 10.9. The molecule has 98 valence electrons. The molecule has 0 aromatic carbocycles. The van der Waals surface area contributed by atoms with Gasteiger partial charge in [-0.25, -0.2) is 0 Å². The largest absolute Gasteiger partial charge is 0.393 e. The van der Waals surface area contributed by atoms with E-state index >= 15 is 0 Å². The average Bonchev–Trinajstić information content (AvgIpc) is 2.66. The minimum absolute atomic E-state index is 0.155. The number of hydrogen-bond acceptors (Lipinski definition) is 6. The predicted molar refractivity (Wildman–Crippen MR) is 68.1 cm³/mol. The Labute approximate surface area is 105 Å². The van der Waals surface area contributed by atoms with Crippen LogP contribution in [-0.4, -0.2) is 56.6 Å². The van der Waals surface area contributed by atoms with Gasteiger partial charge in [-0.15, -0.1) is 0 Å². The normalized spacial score (nSPS) is 42.9. The number of nitrogens with zero attached hydrogens (tertiary/aromatic N) is 1. The van der Waals surface area contributed by atoms with E-state index < -0.39 is 18.3 Å². The van der Waals surface area contributed by atoms with Crippen molar-refractivity contribution in [2.24, 2.45) is 10.9 Å². The van der Waals surface area contributed by atoms with E-state index in [1.54, 1.807) is 18.7 Å². The van der Waals surface area contributed by atoms with Crippen LogP contribution < -0.4 is 5.32 Å². The first-order valence-electron chi connectivity index (χ1n) is 6.07. The number of aliphatic imine (C=N–C) groups is 1. The zero-order chi connectivity index (χ0) is 12.6. The molecule has 2 rings (SSSR count). The lowest BCUT2D eigenvalue weighted by Gasteiger charge is -2.39. The molecule has 6 heteroatoms. The quantitative estimate of drug-likeness (QED) is 0.541. The number of fused-ring (bicyclic) bond motifs is 1. The number of rotatable bonds is 2. The fourth-order valence-corrected chi connectivity index (χ4v) is 3.91. The summed E-state index contributed by atoms with van der Waals surface area (Å²) in [6.45, 7) is 4.45. The van der Waals surface area contributed by atoms with Crippen LogP contribution in [0.3, 0.4) is 0 Å². The number of thioether (sulfide) groups is 1. The van der Waals surface area contributed by atoms with Gasteiger partial charge in [0.25, 0.3) is 0 Å². The van der Waals surface area contributed by atoms with Gasteiger partial charge in [0.15, 0.2) is 5.17 Å². The summed E-state index contributed by atoms with van der Waals surface area (Å²) < 4.78 is 0. The molecular formula is C11H20N2O3S. The second kappa shape index (κ2) is 5.14. The minimum atomic E-state index is -0.887. The molecule has 2 aliphatic rings. The molecule has 1 fully saturated rings. The van der Waals surface area contributed by atoms with Crippen LogP contribution >= 0.6 is 11.8 Å². The standard InChI is InChI=1S/C11H20N2O3S/c1-3-12-11-13-8-7(17-11)4-6(5(2)14)9(15)10(8)16/h5-10,14-16H,3-4H2,1-2H3,(H,12,13)/t5-,6+,7-,8-,9+,10+/m0/s1. The second-order valence-corrected chi connectivity index (χ2v) is 5.96. The van der Waals surface area contributed by atoms with Crippen molar-refractivity contribution >= 4 is 16.9 Å². The Bertz CT molecular complexity index is 311. The fraction of sp³-hybridized carbons (Fsp3) is 0.909. The molecule has 5 nitrogen and oxygen atoms in total. The first kappa shape index (κ1) is 13.1. The lowest BCUT2D eigenvalue weighted by molar-refractivity contribution is -0.0834. The molecule has 0 spiro atoms. The van der Waals surface area contributed by atoms with Crippen molar-refractivity contribution in [1.29, 1.82) is 0 Å². The molecule has 0 saturated heterocycles. The monoisotopic (exact) mass is 260 g/mol. The van der Waals surface area contributed by atoms with Gasteiger partial charge in [-0.05, 0) is 20.3 Å². The third kappa shape index (κ3) is 2.45. The van der Waals surface area contributed by atoms with Crippen molar-refractivity contribution in [2.75, 3.05) is 6.54 Å². The lowest BCUT2D eigenvalue weighted by atomic mass is 9.78. The van der Waals surface area contributed by atoms with Crippen LogP contribution in [0.1, 0.15) is 20.3 Å². The molecule has 6 atom stereocenters. The molecule has 1 aliphatic carbocycles. The van der Waals surface area contributed by atoms with Gasteiger partial charge in [-0.3, -0.25) is 4.99 Å². The van der Waals surface area contributed by atoms with Crippen LogP contribution in [0.25, 0.3) is 0 Å². The predicted octanol–water partition coefficient (Wildman–Crippen LogP) is -0.442. The fourth-order valence-electron chi connectivity index (χ4n) is 2.53. The Kier molecular flexibility index (Phi) is 3.97. The molecule has 1 saturated carbocycles. The van der Waals surface area contributed by atoms with Gasteiger partial charge in [0, 0.05) is 17.7 Å². The molecule has 17 heavy (non-hydrogen) atoms. The van der Waals surface area contributed by atoms with Crippen molar-refractivity contribution in [3.05, 3.63) is 0 Å². The Balaban J connectivity index is 2.10. The number of aliphatic hydroxyl groups is 3. The van der Waals surface area contributed by atoms with E-state index in [0.717, 1.165) is 11.7 Å². The summed E-state index contributed by atoms with van der Waals surface area (Å²) in [6, 6.07) is -0.251. The number of amidine groups is 1. The smallest absolute Gasteiger partial charge is 0.157 e. The number of aliphatic hydroxyl groups excluding tert-OH is 3. The van der Waals surface area contributed by atoms with Crippen molar-refractivity contribution in [1.82, 2.24) is 5.32 Å². The van der Waals surface area contributed by atoms with Crippen LogP contribution in [0.4, 0.5) is 0 Å². The van der Waals surface area contributed by atoms with Crippen molar-refractivity contribution in [3.8, 4) is 0 Å². The second-order valence-electron chi connectivity index (χ2n) is 4.73. The van der Waals surface area contributed by atoms with E-state index in [1.165, 1.54) is 0 Å². The van der Waals surface area contributed by atoms with Gasteiger partial charge < -0.3 is 20.6 Å². The third-order valence-corrected chi connectivity index (χ3v) is 4.75. The van der Waals surface area contributed by atoms with E-state index in [1.807, 2.05) is 6.92 Å². The number of hydrogen-bond donors (Lipinski definition) is 4. The van der Waals surface area contributed by atoms with E-state index in [0.29, 0.717) is 6.42 Å². The first-order chi connectivity index (χ1) is 8.04. The first-order valence-corrected chi connectivity index (χ1v) is 6.95. The highest BCUT2D eigenvalue weighted by molar-refractivity contribution is 8.14. The number of nitrogens with one attached hydrogen (secondary N) is 1. The summed E-state index contributed by atoms with van der Waals surface area (Å²) in [4.78, 5) is 4.40. The molecule has 4 N–H and O–H groups in total. The molecule has 0 bridgehead atoms. The maximum atomic E-state index is 10.0. The van der Waals surface area contributed by atoms with Crippen LogP contribution in [0, 0.1) is 5.92 Å². The van der Waals surface area contributed by atoms with E-state index in [9.17, 15) is 15.3 Å². The van der Waals surface area contributed by atoms with Crippen LogP contribution in [0.5, 0.6) is 0 Å². The summed E-state index contributed by atoms with van der Waals surface area (Å²) in [6.07, 6.45) is -1.69. The molecule has 1 aliphatic heterocycles. The Morgan fingerprint density at radius 1 is 1.47 bits per heavy atom. The van der Waals surface area contributed by atoms with Crippen LogP contribution in [0.15, 0.2) is 4.99 Å². The van der Waals surface area contributed by atoms with Crippen LogP contribution in [-0.2, 0) is 0 Å². The third-order valence-electron chi connectivity index (χ3n) is 3.50. The summed E-state index contributed by atoms with van der Waals surface area (Å²) in [5, 5.41) is 33.8. The Morgan fingerprint density at radius 2 is 2.18 bits per heavy atom.